The molecule has 136 valence electrons. The van der Waals surface area contributed by atoms with Crippen LogP contribution < -0.4 is 0 Å². The van der Waals surface area contributed by atoms with Gasteiger partial charge in [-0.3, -0.25) is 0 Å². The fourth-order valence-corrected chi connectivity index (χ4v) is 2.12. The van der Waals surface area contributed by atoms with Gasteiger partial charge in [-0.25, -0.2) is 9.59 Å². The highest BCUT2D eigenvalue weighted by Crippen LogP contribution is 2.09. The second-order valence-electron chi connectivity index (χ2n) is 5.36. The van der Waals surface area contributed by atoms with Crippen LogP contribution >= 0.6 is 0 Å². The number of carbonyl (C=O) groups excluding carboxylic acids is 2. The summed E-state index contributed by atoms with van der Waals surface area (Å²) in [6.45, 7) is 0. The van der Waals surface area contributed by atoms with Gasteiger partial charge in [0.15, 0.2) is 0 Å². The van der Waals surface area contributed by atoms with Crippen LogP contribution in [0.5, 0.6) is 0 Å². The Balaban J connectivity index is 2.36. The molecule has 4 nitrogen and oxygen atoms in total. The van der Waals surface area contributed by atoms with Crippen molar-refractivity contribution >= 4 is 11.9 Å². The van der Waals surface area contributed by atoms with E-state index < -0.39 is 11.9 Å². The molecule has 0 aromatic carbocycles. The molecule has 28 heavy (non-hydrogen) atoms. The zero-order valence-corrected chi connectivity index (χ0v) is 15.4. The molecule has 0 spiro atoms. The Morgan fingerprint density at radius 1 is 0.643 bits per heavy atom. The Bertz CT molecular complexity index is 939. The first-order valence-corrected chi connectivity index (χ1v) is 8.29. The molecule has 0 fully saturated rings. The number of allylic oxidation sites excluding steroid dienone is 8. The lowest BCUT2D eigenvalue weighted by Crippen LogP contribution is -2.13. The van der Waals surface area contributed by atoms with Crippen LogP contribution in [0, 0.1) is 59.2 Å². The zero-order valence-electron chi connectivity index (χ0n) is 15.4. The molecule has 0 heterocycles. The van der Waals surface area contributed by atoms with E-state index in [1.807, 2.05) is 48.6 Å². The molecule has 0 bridgehead atoms. The van der Waals surface area contributed by atoms with Gasteiger partial charge in [0.2, 0.25) is 0 Å². The van der Waals surface area contributed by atoms with Crippen molar-refractivity contribution in [1.29, 1.82) is 0 Å². The third kappa shape index (κ3) is 6.00. The summed E-state index contributed by atoms with van der Waals surface area (Å²) in [5.74, 6) is 19.7. The second-order valence-corrected chi connectivity index (χ2v) is 5.36. The normalized spacial score (nSPS) is 14.4. The number of esters is 2. The topological polar surface area (TPSA) is 52.6 Å². The Hall–Kier alpha value is -4.12. The summed E-state index contributed by atoms with van der Waals surface area (Å²) in [4.78, 5) is 24.2. The zero-order chi connectivity index (χ0) is 20.2. The predicted molar refractivity (Wildman–Crippen MR) is 106 cm³/mol. The highest BCUT2D eigenvalue weighted by atomic mass is 16.5. The van der Waals surface area contributed by atoms with Gasteiger partial charge < -0.3 is 9.47 Å². The molecule has 0 unspecified atom stereocenters. The average molecular weight is 368 g/mol. The van der Waals surface area contributed by atoms with Crippen LogP contribution in [-0.2, 0) is 19.1 Å². The number of hydrogen-bond acceptors (Lipinski definition) is 4. The molecule has 0 N–H and O–H groups in total. The monoisotopic (exact) mass is 368 g/mol. The van der Waals surface area contributed by atoms with Gasteiger partial charge in [-0.1, -0.05) is 60.4 Å². The van der Waals surface area contributed by atoms with Gasteiger partial charge in [0.25, 0.3) is 0 Å². The fraction of sp³-hybridized carbons (Fsp3) is 0.167. The second kappa shape index (κ2) is 10.8. The van der Waals surface area contributed by atoms with E-state index in [-0.39, 0.29) is 23.0 Å². The number of carbonyl (C=O) groups is 2. The molecule has 4 heteroatoms. The standard InChI is InChI=1S/C24H16O4/c1-27-23(25)21(17-9-7-15-19-11-3-4-12-19)22(24(26)28-2)18-10-8-16-20-13-5-6-14-20/h3-6,11-14,19-20H,1-2H3/b22-21+. The van der Waals surface area contributed by atoms with E-state index in [1.54, 1.807) is 0 Å². The van der Waals surface area contributed by atoms with Crippen molar-refractivity contribution in [1.82, 2.24) is 0 Å². The molecular weight excluding hydrogens is 352 g/mol. The van der Waals surface area contributed by atoms with Gasteiger partial charge in [0.1, 0.15) is 11.1 Å². The Labute approximate surface area is 164 Å². The summed E-state index contributed by atoms with van der Waals surface area (Å²) < 4.78 is 9.41. The van der Waals surface area contributed by atoms with E-state index in [0.717, 1.165) is 0 Å². The lowest BCUT2D eigenvalue weighted by molar-refractivity contribution is -0.138. The summed E-state index contributed by atoms with van der Waals surface area (Å²) in [5, 5.41) is 0. The van der Waals surface area contributed by atoms with Crippen molar-refractivity contribution < 1.29 is 19.1 Å². The first-order chi connectivity index (χ1) is 13.7. The number of ether oxygens (including phenoxy) is 2. The SMILES string of the molecule is COC(=O)/C(C#CC#CC1C=CC=C1)=C(\C#CC#CC1C=CC=C1)C(=O)OC. The average Bonchev–Trinajstić information content (AvgIpc) is 3.42. The van der Waals surface area contributed by atoms with Crippen molar-refractivity contribution in [2.75, 3.05) is 14.2 Å². The van der Waals surface area contributed by atoms with Gasteiger partial charge in [0, 0.05) is 0 Å². The minimum absolute atomic E-state index is 0.0197. The van der Waals surface area contributed by atoms with Crippen LogP contribution in [0.15, 0.2) is 59.8 Å². The maximum atomic E-state index is 12.1. The fourth-order valence-electron chi connectivity index (χ4n) is 2.12. The van der Waals surface area contributed by atoms with Crippen molar-refractivity contribution in [2.24, 2.45) is 11.8 Å². The van der Waals surface area contributed by atoms with E-state index in [1.165, 1.54) is 14.2 Å². The van der Waals surface area contributed by atoms with E-state index in [2.05, 4.69) is 47.4 Å². The number of rotatable bonds is 2. The van der Waals surface area contributed by atoms with Crippen molar-refractivity contribution in [3.05, 3.63) is 59.8 Å². The Morgan fingerprint density at radius 3 is 1.32 bits per heavy atom. The first kappa shape index (κ1) is 20.2. The number of methoxy groups -OCH3 is 2. The third-order valence-electron chi connectivity index (χ3n) is 3.50. The van der Waals surface area contributed by atoms with E-state index >= 15 is 0 Å². The summed E-state index contributed by atoms with van der Waals surface area (Å²) in [7, 11) is 2.37. The number of hydrogen-bond donors (Lipinski definition) is 0. The van der Waals surface area contributed by atoms with Gasteiger partial charge in [0.05, 0.1) is 26.1 Å². The van der Waals surface area contributed by atoms with Gasteiger partial charge in [-0.15, -0.1) is 0 Å². The summed E-state index contributed by atoms with van der Waals surface area (Å²) in [6, 6.07) is 0. The molecule has 0 aliphatic heterocycles. The smallest absolute Gasteiger partial charge is 0.348 e. The van der Waals surface area contributed by atoms with Crippen molar-refractivity contribution in [3.63, 3.8) is 0 Å². The van der Waals surface area contributed by atoms with Crippen molar-refractivity contribution in [3.8, 4) is 47.4 Å². The first-order valence-electron chi connectivity index (χ1n) is 8.29. The van der Waals surface area contributed by atoms with E-state index in [0.29, 0.717) is 0 Å². The Morgan fingerprint density at radius 2 is 1.00 bits per heavy atom. The van der Waals surface area contributed by atoms with Crippen LogP contribution in [0.1, 0.15) is 0 Å². The summed E-state index contributed by atoms with van der Waals surface area (Å²) >= 11 is 0. The molecule has 0 aromatic heterocycles. The molecule has 2 aliphatic carbocycles. The molecule has 0 saturated carbocycles. The summed E-state index contributed by atoms with van der Waals surface area (Å²) in [6.07, 6.45) is 15.2. The maximum Gasteiger partial charge on any atom is 0.348 e. The lowest BCUT2D eigenvalue weighted by Gasteiger charge is -2.02. The molecular formula is C24H16O4. The molecule has 2 rings (SSSR count). The summed E-state index contributed by atoms with van der Waals surface area (Å²) in [5.41, 5.74) is -0.452. The Kier molecular flexibility index (Phi) is 7.77. The van der Waals surface area contributed by atoms with Gasteiger partial charge in [-0.05, 0) is 35.5 Å². The third-order valence-corrected chi connectivity index (χ3v) is 3.50. The molecule has 2 aliphatic rings. The van der Waals surface area contributed by atoms with Crippen LogP contribution in [0.25, 0.3) is 0 Å². The van der Waals surface area contributed by atoms with E-state index in [4.69, 9.17) is 9.47 Å². The van der Waals surface area contributed by atoms with Crippen LogP contribution in [-0.4, -0.2) is 26.2 Å². The molecule has 0 saturated heterocycles. The maximum absolute atomic E-state index is 12.1. The van der Waals surface area contributed by atoms with Crippen LogP contribution in [0.3, 0.4) is 0 Å². The van der Waals surface area contributed by atoms with Crippen molar-refractivity contribution in [2.45, 2.75) is 0 Å². The highest BCUT2D eigenvalue weighted by molar-refractivity contribution is 6.06. The van der Waals surface area contributed by atoms with Crippen LogP contribution in [0.2, 0.25) is 0 Å². The minimum atomic E-state index is -0.806. The van der Waals surface area contributed by atoms with E-state index in [9.17, 15) is 9.59 Å². The molecule has 0 atom stereocenters. The quantitative estimate of drug-likeness (QED) is 0.426. The minimum Gasteiger partial charge on any atom is -0.465 e. The highest BCUT2D eigenvalue weighted by Gasteiger charge is 2.19. The molecule has 0 radical (unpaired) electrons. The van der Waals surface area contributed by atoms with Gasteiger partial charge >= 0.3 is 11.9 Å². The molecule has 0 aromatic rings. The van der Waals surface area contributed by atoms with Crippen LogP contribution in [0.4, 0.5) is 0 Å². The molecule has 0 amide bonds. The lowest BCUT2D eigenvalue weighted by atomic mass is 10.1. The van der Waals surface area contributed by atoms with Gasteiger partial charge in [-0.2, -0.15) is 0 Å². The predicted octanol–water partition coefficient (Wildman–Crippen LogP) is 2.13. The largest absolute Gasteiger partial charge is 0.465 e.